The summed E-state index contributed by atoms with van der Waals surface area (Å²) >= 11 is 0. The molecule has 0 radical (unpaired) electrons. The van der Waals surface area contributed by atoms with E-state index in [1.807, 2.05) is 12.4 Å². The largest absolute Gasteiger partial charge is 0.383 e. The first kappa shape index (κ1) is 17.5. The number of hydrogen-bond acceptors (Lipinski definition) is 5. The number of nitrogens with zero attached hydrogens (tertiary/aromatic N) is 2. The molecule has 0 amide bonds. The third kappa shape index (κ3) is 3.69. The van der Waals surface area contributed by atoms with Crippen LogP contribution in [0.5, 0.6) is 0 Å². The van der Waals surface area contributed by atoms with Crippen LogP contribution in [0, 0.1) is 5.92 Å². The Morgan fingerprint density at radius 1 is 1.04 bits per heavy atom. The van der Waals surface area contributed by atoms with E-state index in [-0.39, 0.29) is 0 Å². The van der Waals surface area contributed by atoms with Gasteiger partial charge in [0, 0.05) is 17.6 Å². The molecule has 1 aliphatic heterocycles. The lowest BCUT2D eigenvalue weighted by molar-refractivity contribution is 0.390. The summed E-state index contributed by atoms with van der Waals surface area (Å²) in [5.74, 6) is 1.59. The van der Waals surface area contributed by atoms with Crippen LogP contribution in [0.25, 0.3) is 11.0 Å². The molecular weight excluding hydrogens is 348 g/mol. The normalized spacial score (nSPS) is 17.4. The second kappa shape index (κ2) is 7.80. The van der Waals surface area contributed by atoms with Crippen molar-refractivity contribution in [2.75, 3.05) is 30.3 Å². The Kier molecular flexibility index (Phi) is 4.87. The predicted octanol–water partition coefficient (Wildman–Crippen LogP) is 3.99. The number of nitrogens with one attached hydrogen (secondary N) is 4. The molecule has 28 heavy (non-hydrogen) atoms. The van der Waals surface area contributed by atoms with Gasteiger partial charge in [0.15, 0.2) is 0 Å². The highest BCUT2D eigenvalue weighted by molar-refractivity contribution is 5.83. The number of anilines is 3. The van der Waals surface area contributed by atoms with Crippen LogP contribution in [-0.4, -0.2) is 34.6 Å². The van der Waals surface area contributed by atoms with Gasteiger partial charge in [-0.05, 0) is 81.3 Å². The van der Waals surface area contributed by atoms with Crippen molar-refractivity contribution in [3.8, 4) is 0 Å². The topological polar surface area (TPSA) is 77.7 Å². The summed E-state index contributed by atoms with van der Waals surface area (Å²) in [6.07, 6.45) is 11.1. The molecule has 1 saturated heterocycles. The van der Waals surface area contributed by atoms with E-state index in [4.69, 9.17) is 4.98 Å². The first-order chi connectivity index (χ1) is 13.8. The number of piperidine rings is 1. The molecule has 6 nitrogen and oxygen atoms in total. The lowest BCUT2D eigenvalue weighted by atomic mass is 9.96. The van der Waals surface area contributed by atoms with Crippen LogP contribution < -0.4 is 16.0 Å². The zero-order valence-electron chi connectivity index (χ0n) is 16.2. The minimum absolute atomic E-state index is 0.737. The molecule has 4 N–H and O–H groups in total. The van der Waals surface area contributed by atoms with Crippen LogP contribution in [0.2, 0.25) is 0 Å². The van der Waals surface area contributed by atoms with Gasteiger partial charge in [0.05, 0.1) is 23.8 Å². The molecule has 0 spiro atoms. The minimum atomic E-state index is 0.737. The first-order valence-corrected chi connectivity index (χ1v) is 10.5. The average molecular weight is 377 g/mol. The zero-order valence-corrected chi connectivity index (χ0v) is 16.2. The molecule has 3 aromatic heterocycles. The standard InChI is InChI=1S/C22H28N6/c1-2-4-20-18(3-1)19-5-6-21(28-22(19)27-20)26-17-11-16(13-24-14-17)25-12-15-7-9-23-10-8-15/h5-6,11,13-15,23,25H,1-4,7-10,12H2,(H2,26,27,28). The number of aromatic nitrogens is 3. The van der Waals surface area contributed by atoms with E-state index in [0.29, 0.717) is 0 Å². The molecular formula is C22H28N6. The molecule has 146 valence electrons. The van der Waals surface area contributed by atoms with Gasteiger partial charge in [-0.1, -0.05) is 0 Å². The molecule has 4 heterocycles. The minimum Gasteiger partial charge on any atom is -0.383 e. The van der Waals surface area contributed by atoms with Crippen molar-refractivity contribution >= 4 is 28.2 Å². The van der Waals surface area contributed by atoms with Gasteiger partial charge in [-0.2, -0.15) is 0 Å². The Morgan fingerprint density at radius 3 is 2.82 bits per heavy atom. The SMILES string of the molecule is c1ncc(Nc2ccc3c4c([nH]c3n2)CCCC4)cc1NCC1CCNCC1. The fourth-order valence-electron chi connectivity index (χ4n) is 4.45. The third-order valence-corrected chi connectivity index (χ3v) is 6.02. The van der Waals surface area contributed by atoms with E-state index in [1.54, 1.807) is 0 Å². The average Bonchev–Trinajstić information content (AvgIpc) is 3.11. The third-order valence-electron chi connectivity index (χ3n) is 6.02. The maximum Gasteiger partial charge on any atom is 0.140 e. The van der Waals surface area contributed by atoms with Crippen molar-refractivity contribution < 1.29 is 0 Å². The highest BCUT2D eigenvalue weighted by Gasteiger charge is 2.16. The monoisotopic (exact) mass is 376 g/mol. The quantitative estimate of drug-likeness (QED) is 0.542. The highest BCUT2D eigenvalue weighted by atomic mass is 15.0. The molecule has 0 bridgehead atoms. The Bertz CT molecular complexity index is 957. The van der Waals surface area contributed by atoms with Crippen molar-refractivity contribution in [2.24, 2.45) is 5.92 Å². The summed E-state index contributed by atoms with van der Waals surface area (Å²) in [7, 11) is 0. The summed E-state index contributed by atoms with van der Waals surface area (Å²) in [5, 5.41) is 11.6. The van der Waals surface area contributed by atoms with Crippen molar-refractivity contribution in [1.82, 2.24) is 20.3 Å². The van der Waals surface area contributed by atoms with E-state index >= 15 is 0 Å². The number of aromatic amines is 1. The number of pyridine rings is 2. The van der Waals surface area contributed by atoms with Crippen molar-refractivity contribution in [3.05, 3.63) is 41.9 Å². The zero-order chi connectivity index (χ0) is 18.8. The molecule has 1 aliphatic carbocycles. The molecule has 6 heteroatoms. The Hall–Kier alpha value is -2.60. The van der Waals surface area contributed by atoms with E-state index in [1.165, 1.54) is 48.7 Å². The number of rotatable bonds is 5. The van der Waals surface area contributed by atoms with Gasteiger partial charge in [0.2, 0.25) is 0 Å². The van der Waals surface area contributed by atoms with E-state index < -0.39 is 0 Å². The fourth-order valence-corrected chi connectivity index (χ4v) is 4.45. The lowest BCUT2D eigenvalue weighted by Crippen LogP contribution is -2.31. The van der Waals surface area contributed by atoms with Crippen molar-refractivity contribution in [3.63, 3.8) is 0 Å². The van der Waals surface area contributed by atoms with Gasteiger partial charge in [-0.15, -0.1) is 0 Å². The molecule has 0 saturated carbocycles. The summed E-state index contributed by atoms with van der Waals surface area (Å²) in [6.45, 7) is 3.26. The lowest BCUT2D eigenvalue weighted by Gasteiger charge is -2.23. The van der Waals surface area contributed by atoms with Crippen LogP contribution >= 0.6 is 0 Å². The van der Waals surface area contributed by atoms with E-state index in [0.717, 1.165) is 54.8 Å². The Morgan fingerprint density at radius 2 is 1.89 bits per heavy atom. The molecule has 0 atom stereocenters. The van der Waals surface area contributed by atoms with Crippen LogP contribution in [0.15, 0.2) is 30.6 Å². The molecule has 0 aromatic carbocycles. The summed E-state index contributed by atoms with van der Waals surface area (Å²) in [4.78, 5) is 12.7. The number of aryl methyl sites for hydroxylation is 2. The Labute approximate surface area is 165 Å². The molecule has 0 unspecified atom stereocenters. The molecule has 1 fully saturated rings. The number of hydrogen-bond donors (Lipinski definition) is 4. The van der Waals surface area contributed by atoms with Crippen LogP contribution in [0.4, 0.5) is 17.2 Å². The van der Waals surface area contributed by atoms with Gasteiger partial charge in [0.25, 0.3) is 0 Å². The molecule has 2 aliphatic rings. The van der Waals surface area contributed by atoms with E-state index in [9.17, 15) is 0 Å². The van der Waals surface area contributed by atoms with Crippen molar-refractivity contribution in [2.45, 2.75) is 38.5 Å². The van der Waals surface area contributed by atoms with Gasteiger partial charge < -0.3 is 20.9 Å². The first-order valence-electron chi connectivity index (χ1n) is 10.5. The highest BCUT2D eigenvalue weighted by Crippen LogP contribution is 2.29. The van der Waals surface area contributed by atoms with Crippen LogP contribution in [0.1, 0.15) is 36.9 Å². The maximum atomic E-state index is 4.80. The second-order valence-electron chi connectivity index (χ2n) is 8.04. The summed E-state index contributed by atoms with van der Waals surface area (Å²) < 4.78 is 0. The van der Waals surface area contributed by atoms with Crippen molar-refractivity contribution in [1.29, 1.82) is 0 Å². The van der Waals surface area contributed by atoms with E-state index in [2.05, 4.69) is 44.1 Å². The Balaban J connectivity index is 1.29. The van der Waals surface area contributed by atoms with Gasteiger partial charge in [-0.25, -0.2) is 4.98 Å². The van der Waals surface area contributed by atoms with Gasteiger partial charge in [0.1, 0.15) is 11.5 Å². The smallest absolute Gasteiger partial charge is 0.140 e. The predicted molar refractivity (Wildman–Crippen MR) is 114 cm³/mol. The second-order valence-corrected chi connectivity index (χ2v) is 8.04. The molecule has 3 aromatic rings. The summed E-state index contributed by atoms with van der Waals surface area (Å²) in [5.41, 5.74) is 5.84. The van der Waals surface area contributed by atoms with Crippen LogP contribution in [-0.2, 0) is 12.8 Å². The summed E-state index contributed by atoms with van der Waals surface area (Å²) in [6, 6.07) is 6.37. The number of fused-ring (bicyclic) bond motifs is 3. The van der Waals surface area contributed by atoms with Crippen LogP contribution in [0.3, 0.4) is 0 Å². The maximum absolute atomic E-state index is 4.80. The number of H-pyrrole nitrogens is 1. The fraction of sp³-hybridized carbons (Fsp3) is 0.455. The van der Waals surface area contributed by atoms with Gasteiger partial charge >= 0.3 is 0 Å². The molecule has 5 rings (SSSR count). The van der Waals surface area contributed by atoms with Gasteiger partial charge in [-0.3, -0.25) is 4.98 Å².